The minimum absolute atomic E-state index is 0.172. The van der Waals surface area contributed by atoms with E-state index in [0.717, 1.165) is 48.9 Å². The number of rotatable bonds is 10. The number of hydrogen-bond acceptors (Lipinski definition) is 9. The number of aromatic nitrogens is 2. The number of halogens is 1. The van der Waals surface area contributed by atoms with Crippen LogP contribution < -0.4 is 14.9 Å². The van der Waals surface area contributed by atoms with E-state index in [2.05, 4.69) is 30.2 Å². The van der Waals surface area contributed by atoms with Crippen LogP contribution in [0.3, 0.4) is 0 Å². The van der Waals surface area contributed by atoms with E-state index in [0.29, 0.717) is 53.4 Å². The molecule has 9 nitrogen and oxygen atoms in total. The van der Waals surface area contributed by atoms with Crippen molar-refractivity contribution in [2.45, 2.75) is 44.8 Å². The average Bonchev–Trinajstić information content (AvgIpc) is 3.22. The molecule has 2 aliphatic heterocycles. The number of ether oxygens (including phenoxy) is 3. The van der Waals surface area contributed by atoms with Crippen LogP contribution in [0.5, 0.6) is 5.75 Å². The molecule has 2 aliphatic rings. The molecule has 1 aromatic heterocycles. The van der Waals surface area contributed by atoms with Gasteiger partial charge in [0.2, 0.25) is 5.95 Å². The van der Waals surface area contributed by atoms with Crippen molar-refractivity contribution >= 4 is 42.5 Å². The number of hydrogen-bond donors (Lipinski definition) is 1. The van der Waals surface area contributed by atoms with E-state index in [1.54, 1.807) is 36.5 Å². The number of anilines is 3. The Morgan fingerprint density at radius 1 is 1.27 bits per heavy atom. The third-order valence-corrected chi connectivity index (χ3v) is 7.21. The Kier molecular flexibility index (Phi) is 8.55. The van der Waals surface area contributed by atoms with Crippen LogP contribution >= 0.6 is 11.6 Å². The van der Waals surface area contributed by atoms with Gasteiger partial charge in [0, 0.05) is 41.0 Å². The Labute approximate surface area is 239 Å². The van der Waals surface area contributed by atoms with Gasteiger partial charge in [0.1, 0.15) is 24.6 Å². The Hall–Kier alpha value is -3.65. The predicted octanol–water partition coefficient (Wildman–Crippen LogP) is 5.24. The summed E-state index contributed by atoms with van der Waals surface area (Å²) in [5, 5.41) is 13.7. The van der Waals surface area contributed by atoms with Gasteiger partial charge in [-0.2, -0.15) is 5.26 Å². The van der Waals surface area contributed by atoms with Crippen LogP contribution in [0, 0.1) is 11.3 Å². The van der Waals surface area contributed by atoms with Gasteiger partial charge in [-0.05, 0) is 61.2 Å². The highest BCUT2D eigenvalue weighted by Crippen LogP contribution is 2.44. The number of nitriles is 1. The van der Waals surface area contributed by atoms with Crippen LogP contribution in [-0.4, -0.2) is 56.2 Å². The molecule has 205 valence electrons. The summed E-state index contributed by atoms with van der Waals surface area (Å²) in [5.74, 6) is 0.940. The monoisotopic (exact) mass is 558 g/mol. The van der Waals surface area contributed by atoms with E-state index in [1.807, 2.05) is 10.9 Å². The molecule has 0 aliphatic carbocycles. The summed E-state index contributed by atoms with van der Waals surface area (Å²) in [6.07, 6.45) is 5.30. The summed E-state index contributed by atoms with van der Waals surface area (Å²) in [4.78, 5) is 22.2. The fourth-order valence-corrected chi connectivity index (χ4v) is 5.26. The van der Waals surface area contributed by atoms with Gasteiger partial charge >= 0.3 is 7.41 Å². The summed E-state index contributed by atoms with van der Waals surface area (Å²) < 4.78 is 17.4. The lowest BCUT2D eigenvalue weighted by molar-refractivity contribution is -0.165. The maximum atomic E-state index is 11.2. The van der Waals surface area contributed by atoms with Crippen molar-refractivity contribution in [3.05, 3.63) is 58.7 Å². The zero-order valence-corrected chi connectivity index (χ0v) is 23.3. The maximum absolute atomic E-state index is 11.2. The second-order valence-corrected chi connectivity index (χ2v) is 10.8. The predicted molar refractivity (Wildman–Crippen MR) is 155 cm³/mol. The number of carbonyl (C=O) groups is 1. The quantitative estimate of drug-likeness (QED) is 0.203. The van der Waals surface area contributed by atoms with Gasteiger partial charge in [-0.15, -0.1) is 0 Å². The van der Waals surface area contributed by atoms with Crippen LogP contribution in [0.2, 0.25) is 5.02 Å². The highest BCUT2D eigenvalue weighted by molar-refractivity contribution is 6.70. The molecule has 1 N–H and O–H groups in total. The topological polar surface area (TPSA) is 110 Å². The average molecular weight is 559 g/mol. The largest absolute Gasteiger partial charge is 0.489 e. The van der Waals surface area contributed by atoms with Gasteiger partial charge in [-0.3, -0.25) is 0 Å². The first-order valence-electron chi connectivity index (χ1n) is 13.3. The smallest absolute Gasteiger partial charge is 0.329 e. The molecule has 0 bridgehead atoms. The Morgan fingerprint density at radius 2 is 2.15 bits per heavy atom. The van der Waals surface area contributed by atoms with Gasteiger partial charge in [-0.25, -0.2) is 9.97 Å². The molecule has 0 saturated carbocycles. The first-order chi connectivity index (χ1) is 19.4. The molecule has 0 spiro atoms. The standard InChI is InChI=1S/C29H30BClN5O4/c1-29(2)17-36(30-18-37)27-20(16-32)13-19(14-22(27)29)23-8-9-33-28(34-23)35-24-15-21(31)6-7-25(24)38-11-12-40-26-5-3-4-10-39-26/h6-9,13-15,18,26H,3-5,10-12,17H2,1-2H3,(H,33,34,35). The number of nitrogens with one attached hydrogen (secondary N) is 1. The molecule has 1 fully saturated rings. The first kappa shape index (κ1) is 27.9. The van der Waals surface area contributed by atoms with Crippen molar-refractivity contribution in [2.75, 3.05) is 36.5 Å². The fourth-order valence-electron chi connectivity index (χ4n) is 5.08. The third kappa shape index (κ3) is 6.23. The molecule has 40 heavy (non-hydrogen) atoms. The van der Waals surface area contributed by atoms with Gasteiger partial charge in [0.05, 0.1) is 23.6 Å². The first-order valence-corrected chi connectivity index (χ1v) is 13.7. The van der Waals surface area contributed by atoms with Crippen LogP contribution in [0.15, 0.2) is 42.6 Å². The molecule has 1 saturated heterocycles. The zero-order valence-electron chi connectivity index (χ0n) is 22.5. The minimum Gasteiger partial charge on any atom is -0.489 e. The Balaban J connectivity index is 1.35. The Morgan fingerprint density at radius 3 is 2.92 bits per heavy atom. The van der Waals surface area contributed by atoms with E-state index < -0.39 is 0 Å². The molecule has 11 heteroatoms. The van der Waals surface area contributed by atoms with E-state index in [9.17, 15) is 10.1 Å². The van der Waals surface area contributed by atoms with Crippen LogP contribution in [0.1, 0.15) is 44.2 Å². The molecule has 2 aromatic carbocycles. The van der Waals surface area contributed by atoms with Gasteiger partial charge in [0.15, 0.2) is 6.29 Å². The summed E-state index contributed by atoms with van der Waals surface area (Å²) in [7, 11) is 1.47. The van der Waals surface area contributed by atoms with Gasteiger partial charge < -0.3 is 29.1 Å². The third-order valence-electron chi connectivity index (χ3n) is 6.98. The molecule has 5 rings (SSSR count). The van der Waals surface area contributed by atoms with Crippen molar-refractivity contribution in [3.63, 3.8) is 0 Å². The van der Waals surface area contributed by atoms with E-state index >= 15 is 0 Å². The molecule has 1 radical (unpaired) electrons. The number of nitrogens with zero attached hydrogens (tertiary/aromatic N) is 4. The molecule has 3 aromatic rings. The van der Waals surface area contributed by atoms with Crippen molar-refractivity contribution in [1.82, 2.24) is 9.97 Å². The highest BCUT2D eigenvalue weighted by Gasteiger charge is 2.37. The summed E-state index contributed by atoms with van der Waals surface area (Å²) >= 11 is 6.28. The lowest BCUT2D eigenvalue weighted by Gasteiger charge is -2.22. The van der Waals surface area contributed by atoms with E-state index in [4.69, 9.17) is 30.8 Å². The van der Waals surface area contributed by atoms with Crippen molar-refractivity contribution < 1.29 is 19.0 Å². The van der Waals surface area contributed by atoms with E-state index in [-0.39, 0.29) is 11.7 Å². The van der Waals surface area contributed by atoms with Crippen molar-refractivity contribution in [3.8, 4) is 23.1 Å². The second kappa shape index (κ2) is 12.3. The number of benzene rings is 2. The van der Waals surface area contributed by atoms with Gasteiger partial charge in [-0.1, -0.05) is 25.4 Å². The molecule has 1 atom stereocenters. The van der Waals surface area contributed by atoms with E-state index in [1.165, 1.54) is 7.41 Å². The van der Waals surface area contributed by atoms with Crippen LogP contribution in [-0.2, 0) is 19.7 Å². The second-order valence-electron chi connectivity index (χ2n) is 10.4. The highest BCUT2D eigenvalue weighted by atomic mass is 35.5. The normalized spacial score (nSPS) is 17.6. The SMILES string of the molecule is CC1(C)CN([B]C=O)c2c(C#N)cc(-c3ccnc(Nc4cc(Cl)ccc4OCCOC4CCCCO4)n3)cc21. The van der Waals surface area contributed by atoms with Crippen LogP contribution in [0.4, 0.5) is 17.3 Å². The molecular weight excluding hydrogens is 529 g/mol. The summed E-state index contributed by atoms with van der Waals surface area (Å²) in [6, 6.07) is 13.2. The molecule has 3 heterocycles. The fraction of sp³-hybridized carbons (Fsp3) is 0.379. The Bertz CT molecular complexity index is 1420. The lowest BCUT2D eigenvalue weighted by Crippen LogP contribution is -2.32. The van der Waals surface area contributed by atoms with Gasteiger partial charge in [0.25, 0.3) is 0 Å². The minimum atomic E-state index is -0.260. The van der Waals surface area contributed by atoms with Crippen molar-refractivity contribution in [2.24, 2.45) is 0 Å². The van der Waals surface area contributed by atoms with Crippen molar-refractivity contribution in [1.29, 1.82) is 5.26 Å². The number of fused-ring (bicyclic) bond motifs is 1. The zero-order chi connectivity index (χ0) is 28.1. The van der Waals surface area contributed by atoms with Crippen LogP contribution in [0.25, 0.3) is 11.3 Å². The number of carbonyl (C=O) groups excluding carboxylic acids is 1. The molecule has 1 unspecified atom stereocenters. The summed E-state index contributed by atoms with van der Waals surface area (Å²) in [6.45, 7) is 6.26. The molecular formula is C29H30BClN5O4. The molecule has 0 amide bonds. The maximum Gasteiger partial charge on any atom is 0.329 e. The lowest BCUT2D eigenvalue weighted by atomic mass is 9.84. The summed E-state index contributed by atoms with van der Waals surface area (Å²) in [5.41, 5.74) is 4.02.